The molecule has 0 bridgehead atoms. The fraction of sp³-hybridized carbons (Fsp3) is 0.412. The van der Waals surface area contributed by atoms with Crippen molar-refractivity contribution in [1.82, 2.24) is 20.2 Å². The van der Waals surface area contributed by atoms with Crippen LogP contribution in [0.15, 0.2) is 40.9 Å². The fourth-order valence-electron chi connectivity index (χ4n) is 2.57. The standard InChI is InChI=1S/C17H21N5OS/c1-22-12-18-21-17(22)24-11-13-7-9-14(10-8-13)16(23)20-19-15-5-3-2-4-6-15/h7-10,12H,2-6,11H2,1H3,(H,20,23). The van der Waals surface area contributed by atoms with Crippen LogP contribution in [-0.2, 0) is 12.8 Å². The molecular weight excluding hydrogens is 322 g/mol. The molecule has 0 radical (unpaired) electrons. The number of nitrogens with zero attached hydrogens (tertiary/aromatic N) is 4. The summed E-state index contributed by atoms with van der Waals surface area (Å²) in [5, 5.41) is 13.0. The number of aryl methyl sites for hydroxylation is 1. The minimum Gasteiger partial charge on any atom is -0.312 e. The molecule has 1 aromatic heterocycles. The lowest BCUT2D eigenvalue weighted by Gasteiger charge is -2.12. The predicted molar refractivity (Wildman–Crippen MR) is 95.0 cm³/mol. The molecule has 2 aromatic rings. The molecular formula is C17H21N5OS. The monoisotopic (exact) mass is 343 g/mol. The first-order chi connectivity index (χ1) is 11.7. The Hall–Kier alpha value is -2.15. The van der Waals surface area contributed by atoms with Gasteiger partial charge in [-0.25, -0.2) is 5.43 Å². The second-order valence-electron chi connectivity index (χ2n) is 5.89. The zero-order valence-electron chi connectivity index (χ0n) is 13.7. The quantitative estimate of drug-likeness (QED) is 0.668. The number of hydrogen-bond acceptors (Lipinski definition) is 5. The van der Waals surface area contributed by atoms with Crippen LogP contribution in [0.1, 0.15) is 48.0 Å². The zero-order chi connectivity index (χ0) is 16.8. The maximum atomic E-state index is 12.1. The normalized spacial score (nSPS) is 14.5. The lowest BCUT2D eigenvalue weighted by molar-refractivity contribution is 0.0954. The van der Waals surface area contributed by atoms with Crippen molar-refractivity contribution in [1.29, 1.82) is 0 Å². The molecule has 3 rings (SSSR count). The van der Waals surface area contributed by atoms with Crippen LogP contribution in [0.25, 0.3) is 0 Å². The van der Waals surface area contributed by atoms with Gasteiger partial charge in [0.25, 0.3) is 5.91 Å². The Morgan fingerprint density at radius 1 is 1.25 bits per heavy atom. The van der Waals surface area contributed by atoms with Crippen molar-refractivity contribution in [2.45, 2.75) is 43.0 Å². The number of hydrogen-bond donors (Lipinski definition) is 1. The SMILES string of the molecule is Cn1cnnc1SCc1ccc(C(=O)NN=C2CCCCC2)cc1. The molecule has 24 heavy (non-hydrogen) atoms. The molecule has 1 aromatic carbocycles. The predicted octanol–water partition coefficient (Wildman–Crippen LogP) is 3.16. The molecule has 6 nitrogen and oxygen atoms in total. The summed E-state index contributed by atoms with van der Waals surface area (Å²) in [4.78, 5) is 12.1. The van der Waals surface area contributed by atoms with Gasteiger partial charge in [0.1, 0.15) is 6.33 Å². The van der Waals surface area contributed by atoms with Gasteiger partial charge in [-0.1, -0.05) is 30.3 Å². The van der Waals surface area contributed by atoms with E-state index in [0.29, 0.717) is 5.56 Å². The van der Waals surface area contributed by atoms with Gasteiger partial charge in [0, 0.05) is 24.1 Å². The Morgan fingerprint density at radius 2 is 2.00 bits per heavy atom. The third-order valence-electron chi connectivity index (χ3n) is 4.00. The molecule has 1 fully saturated rings. The van der Waals surface area contributed by atoms with E-state index in [9.17, 15) is 4.79 Å². The molecule has 0 saturated heterocycles. The molecule has 1 saturated carbocycles. The highest BCUT2D eigenvalue weighted by Gasteiger charge is 2.09. The summed E-state index contributed by atoms with van der Waals surface area (Å²) in [5.74, 6) is 0.636. The van der Waals surface area contributed by atoms with E-state index in [2.05, 4.69) is 20.7 Å². The van der Waals surface area contributed by atoms with Crippen LogP contribution in [0.3, 0.4) is 0 Å². The van der Waals surface area contributed by atoms with Gasteiger partial charge >= 0.3 is 0 Å². The summed E-state index contributed by atoms with van der Waals surface area (Å²) in [6.07, 6.45) is 7.29. The molecule has 0 unspecified atom stereocenters. The summed E-state index contributed by atoms with van der Waals surface area (Å²) < 4.78 is 1.89. The Bertz CT molecular complexity index is 715. The zero-order valence-corrected chi connectivity index (χ0v) is 14.6. The smallest absolute Gasteiger partial charge is 0.271 e. The van der Waals surface area contributed by atoms with E-state index in [-0.39, 0.29) is 5.91 Å². The maximum Gasteiger partial charge on any atom is 0.271 e. The summed E-state index contributed by atoms with van der Waals surface area (Å²) in [7, 11) is 1.92. The van der Waals surface area contributed by atoms with Gasteiger partial charge in [-0.3, -0.25) is 4.79 Å². The number of carbonyl (C=O) groups excluding carboxylic acids is 1. The Morgan fingerprint density at radius 3 is 2.67 bits per heavy atom. The van der Waals surface area contributed by atoms with Crippen LogP contribution in [0.4, 0.5) is 0 Å². The van der Waals surface area contributed by atoms with Crippen LogP contribution in [0.2, 0.25) is 0 Å². The van der Waals surface area contributed by atoms with Gasteiger partial charge < -0.3 is 4.57 Å². The number of benzene rings is 1. The van der Waals surface area contributed by atoms with Crippen LogP contribution in [-0.4, -0.2) is 26.4 Å². The number of hydrazone groups is 1. The van der Waals surface area contributed by atoms with Crippen molar-refractivity contribution in [2.24, 2.45) is 12.1 Å². The molecule has 1 aliphatic rings. The molecule has 0 spiro atoms. The Kier molecular flexibility index (Phi) is 5.63. The molecule has 1 amide bonds. The van der Waals surface area contributed by atoms with Crippen molar-refractivity contribution in [3.63, 3.8) is 0 Å². The minimum atomic E-state index is -0.152. The van der Waals surface area contributed by atoms with Crippen molar-refractivity contribution in [3.05, 3.63) is 41.7 Å². The van der Waals surface area contributed by atoms with Crippen LogP contribution < -0.4 is 5.43 Å². The first-order valence-electron chi connectivity index (χ1n) is 8.14. The van der Waals surface area contributed by atoms with Gasteiger partial charge in [-0.05, 0) is 43.4 Å². The van der Waals surface area contributed by atoms with E-state index >= 15 is 0 Å². The lowest BCUT2D eigenvalue weighted by atomic mass is 9.99. The molecule has 126 valence electrons. The maximum absolute atomic E-state index is 12.1. The van der Waals surface area contributed by atoms with Crippen molar-refractivity contribution in [2.75, 3.05) is 0 Å². The molecule has 7 heteroatoms. The van der Waals surface area contributed by atoms with Crippen molar-refractivity contribution < 1.29 is 4.79 Å². The molecule has 1 N–H and O–H groups in total. The number of nitrogens with one attached hydrogen (secondary N) is 1. The van der Waals surface area contributed by atoms with Crippen LogP contribution in [0, 0.1) is 0 Å². The molecule has 1 heterocycles. The van der Waals surface area contributed by atoms with Crippen LogP contribution >= 0.6 is 11.8 Å². The highest BCUT2D eigenvalue weighted by atomic mass is 32.2. The molecule has 0 aliphatic heterocycles. The van der Waals surface area contributed by atoms with Gasteiger partial charge in [-0.15, -0.1) is 10.2 Å². The largest absolute Gasteiger partial charge is 0.312 e. The van der Waals surface area contributed by atoms with Gasteiger partial charge in [0.15, 0.2) is 5.16 Å². The summed E-state index contributed by atoms with van der Waals surface area (Å²) in [6.45, 7) is 0. The van der Waals surface area contributed by atoms with Crippen LogP contribution in [0.5, 0.6) is 0 Å². The van der Waals surface area contributed by atoms with Crippen molar-refractivity contribution >= 4 is 23.4 Å². The fourth-order valence-corrected chi connectivity index (χ4v) is 3.41. The lowest BCUT2D eigenvalue weighted by Crippen LogP contribution is -2.20. The minimum absolute atomic E-state index is 0.152. The average molecular weight is 343 g/mol. The second kappa shape index (κ2) is 8.10. The van der Waals surface area contributed by atoms with E-state index in [1.54, 1.807) is 18.1 Å². The number of carbonyl (C=O) groups is 1. The molecule has 1 aliphatic carbocycles. The first-order valence-corrected chi connectivity index (χ1v) is 9.12. The number of thioether (sulfide) groups is 1. The number of rotatable bonds is 5. The summed E-state index contributed by atoms with van der Waals surface area (Å²) in [5.41, 5.74) is 5.54. The van der Waals surface area contributed by atoms with Gasteiger partial charge in [0.2, 0.25) is 0 Å². The third kappa shape index (κ3) is 4.44. The molecule has 0 atom stereocenters. The van der Waals surface area contributed by atoms with Crippen molar-refractivity contribution in [3.8, 4) is 0 Å². The Balaban J connectivity index is 1.53. The van der Waals surface area contributed by atoms with E-state index in [1.807, 2.05) is 35.9 Å². The van der Waals surface area contributed by atoms with Gasteiger partial charge in [-0.2, -0.15) is 5.10 Å². The third-order valence-corrected chi connectivity index (χ3v) is 5.11. The van der Waals surface area contributed by atoms with E-state index < -0.39 is 0 Å². The van der Waals surface area contributed by atoms with E-state index in [1.165, 1.54) is 19.3 Å². The van der Waals surface area contributed by atoms with E-state index in [4.69, 9.17) is 0 Å². The highest BCUT2D eigenvalue weighted by Crippen LogP contribution is 2.20. The van der Waals surface area contributed by atoms with Gasteiger partial charge in [0.05, 0.1) is 0 Å². The number of amides is 1. The first kappa shape index (κ1) is 16.7. The number of aromatic nitrogens is 3. The average Bonchev–Trinajstić information content (AvgIpc) is 3.04. The Labute approximate surface area is 145 Å². The summed E-state index contributed by atoms with van der Waals surface area (Å²) >= 11 is 1.62. The van der Waals surface area contributed by atoms with E-state index in [0.717, 1.165) is 35.0 Å². The highest BCUT2D eigenvalue weighted by molar-refractivity contribution is 7.98. The topological polar surface area (TPSA) is 72.2 Å². The second-order valence-corrected chi connectivity index (χ2v) is 6.83. The summed E-state index contributed by atoms with van der Waals surface area (Å²) in [6, 6.07) is 7.60.